The molecule has 0 atom stereocenters. The van der Waals surface area contributed by atoms with Crippen molar-refractivity contribution in [2.24, 2.45) is 5.73 Å². The zero-order valence-electron chi connectivity index (χ0n) is 18.0. The lowest BCUT2D eigenvalue weighted by Crippen LogP contribution is -2.37. The highest BCUT2D eigenvalue weighted by Gasteiger charge is 2.22. The summed E-state index contributed by atoms with van der Waals surface area (Å²) < 4.78 is 15.1. The fourth-order valence-corrected chi connectivity index (χ4v) is 4.25. The van der Waals surface area contributed by atoms with Gasteiger partial charge in [-0.2, -0.15) is 4.37 Å². The van der Waals surface area contributed by atoms with Crippen molar-refractivity contribution >= 4 is 40.1 Å². The number of ether oxygens (including phenoxy) is 2. The Balaban J connectivity index is 1.47. The number of primary amides is 1. The van der Waals surface area contributed by atoms with Crippen molar-refractivity contribution < 1.29 is 19.1 Å². The molecule has 1 fully saturated rings. The second-order valence-corrected chi connectivity index (χ2v) is 8.66. The molecule has 0 aliphatic carbocycles. The van der Waals surface area contributed by atoms with E-state index in [1.54, 1.807) is 0 Å². The molecule has 3 rings (SSSR count). The minimum atomic E-state index is -0.732. The predicted molar refractivity (Wildman–Crippen MR) is 125 cm³/mol. The number of aryl methyl sites for hydroxylation is 1. The molecule has 0 spiro atoms. The Labute approximate surface area is 196 Å². The molecular formula is C21H28ClN5O4S. The Bertz CT molecular complexity index is 933. The van der Waals surface area contributed by atoms with Gasteiger partial charge in [0.2, 0.25) is 5.88 Å². The first-order valence-electron chi connectivity index (χ1n) is 10.5. The molecule has 0 unspecified atom stereocenters. The molecule has 0 saturated carbocycles. The smallest absolute Gasteiger partial charge is 0.319 e. The van der Waals surface area contributed by atoms with E-state index in [9.17, 15) is 9.59 Å². The number of anilines is 1. The third-order valence-corrected chi connectivity index (χ3v) is 6.10. The predicted octanol–water partition coefficient (Wildman–Crippen LogP) is 3.02. The SMILES string of the molecule is Cc1ccc(COc2nsc(NC(=O)NCCCCN3CCOCC3)c2C(N)=O)c(Cl)c1. The number of hydrogen-bond donors (Lipinski definition) is 3. The van der Waals surface area contributed by atoms with Crippen LogP contribution in [0.1, 0.15) is 34.3 Å². The van der Waals surface area contributed by atoms with Gasteiger partial charge >= 0.3 is 6.03 Å². The zero-order chi connectivity index (χ0) is 22.9. The van der Waals surface area contributed by atoms with E-state index in [0.717, 1.165) is 68.3 Å². The molecule has 2 heterocycles. The molecule has 1 aromatic heterocycles. The average molecular weight is 482 g/mol. The lowest BCUT2D eigenvalue weighted by Gasteiger charge is -2.26. The fourth-order valence-electron chi connectivity index (χ4n) is 3.23. The highest BCUT2D eigenvalue weighted by Crippen LogP contribution is 2.31. The van der Waals surface area contributed by atoms with Crippen LogP contribution in [0.25, 0.3) is 0 Å². The van der Waals surface area contributed by atoms with E-state index < -0.39 is 11.9 Å². The summed E-state index contributed by atoms with van der Waals surface area (Å²) in [5.41, 5.74) is 7.33. The Morgan fingerprint density at radius 3 is 2.81 bits per heavy atom. The summed E-state index contributed by atoms with van der Waals surface area (Å²) in [6.07, 6.45) is 1.83. The number of halogens is 1. The second-order valence-electron chi connectivity index (χ2n) is 7.48. The van der Waals surface area contributed by atoms with Crippen LogP contribution in [0.2, 0.25) is 5.02 Å². The van der Waals surface area contributed by atoms with Gasteiger partial charge in [-0.25, -0.2) is 4.79 Å². The third kappa shape index (κ3) is 7.06. The third-order valence-electron chi connectivity index (χ3n) is 5.00. The number of hydrogen-bond acceptors (Lipinski definition) is 7. The van der Waals surface area contributed by atoms with E-state index in [1.807, 2.05) is 25.1 Å². The maximum absolute atomic E-state index is 12.2. The van der Waals surface area contributed by atoms with Gasteiger partial charge in [0.05, 0.1) is 13.2 Å². The molecule has 0 bridgehead atoms. The second kappa shape index (κ2) is 12.0. The minimum absolute atomic E-state index is 0.0423. The number of carbonyl (C=O) groups is 2. The van der Waals surface area contributed by atoms with Crippen LogP contribution in [-0.2, 0) is 11.3 Å². The quantitative estimate of drug-likeness (QED) is 0.449. The molecule has 4 N–H and O–H groups in total. The van der Waals surface area contributed by atoms with E-state index in [0.29, 0.717) is 11.6 Å². The van der Waals surface area contributed by atoms with Crippen LogP contribution in [0.3, 0.4) is 0 Å². The first-order chi connectivity index (χ1) is 15.4. The van der Waals surface area contributed by atoms with Crippen LogP contribution in [0.4, 0.5) is 9.80 Å². The number of carbonyl (C=O) groups excluding carboxylic acids is 2. The van der Waals surface area contributed by atoms with Crippen molar-refractivity contribution in [1.82, 2.24) is 14.6 Å². The summed E-state index contributed by atoms with van der Waals surface area (Å²) in [4.78, 5) is 26.5. The molecular weight excluding hydrogens is 454 g/mol. The molecule has 11 heteroatoms. The summed E-state index contributed by atoms with van der Waals surface area (Å²) in [5.74, 6) is -0.662. The maximum Gasteiger partial charge on any atom is 0.319 e. The fraction of sp³-hybridized carbons (Fsp3) is 0.476. The summed E-state index contributed by atoms with van der Waals surface area (Å²) in [6, 6.07) is 5.17. The summed E-state index contributed by atoms with van der Waals surface area (Å²) in [5, 5.41) is 6.24. The highest BCUT2D eigenvalue weighted by molar-refractivity contribution is 7.11. The van der Waals surface area contributed by atoms with Crippen LogP contribution in [0, 0.1) is 6.92 Å². The van der Waals surface area contributed by atoms with Crippen molar-refractivity contribution in [1.29, 1.82) is 0 Å². The molecule has 1 aliphatic heterocycles. The van der Waals surface area contributed by atoms with E-state index in [-0.39, 0.29) is 23.1 Å². The van der Waals surface area contributed by atoms with Gasteiger partial charge in [0.25, 0.3) is 5.91 Å². The topological polar surface area (TPSA) is 119 Å². The maximum atomic E-state index is 12.2. The minimum Gasteiger partial charge on any atom is -0.472 e. The number of amides is 3. The van der Waals surface area contributed by atoms with Crippen molar-refractivity contribution in [2.45, 2.75) is 26.4 Å². The average Bonchev–Trinajstić information content (AvgIpc) is 3.16. The van der Waals surface area contributed by atoms with Gasteiger partial charge < -0.3 is 20.5 Å². The molecule has 1 saturated heterocycles. The number of urea groups is 1. The lowest BCUT2D eigenvalue weighted by molar-refractivity contribution is 0.0372. The summed E-state index contributed by atoms with van der Waals surface area (Å²) in [6.45, 7) is 7.04. The monoisotopic (exact) mass is 481 g/mol. The van der Waals surface area contributed by atoms with Crippen molar-refractivity contribution in [3.63, 3.8) is 0 Å². The molecule has 1 aromatic carbocycles. The van der Waals surface area contributed by atoms with E-state index >= 15 is 0 Å². The number of nitrogens with two attached hydrogens (primary N) is 1. The number of nitrogens with one attached hydrogen (secondary N) is 2. The van der Waals surface area contributed by atoms with Gasteiger partial charge in [-0.15, -0.1) is 0 Å². The molecule has 0 radical (unpaired) electrons. The zero-order valence-corrected chi connectivity index (χ0v) is 19.6. The van der Waals surface area contributed by atoms with Crippen LogP contribution in [0.15, 0.2) is 18.2 Å². The van der Waals surface area contributed by atoms with Crippen LogP contribution >= 0.6 is 23.1 Å². The molecule has 3 amide bonds. The van der Waals surface area contributed by atoms with E-state index in [1.165, 1.54) is 0 Å². The summed E-state index contributed by atoms with van der Waals surface area (Å²) >= 11 is 7.16. The van der Waals surface area contributed by atoms with Crippen LogP contribution in [-0.4, -0.2) is 60.6 Å². The number of morpholine rings is 1. The van der Waals surface area contributed by atoms with Gasteiger partial charge in [0.15, 0.2) is 0 Å². The Morgan fingerprint density at radius 2 is 2.09 bits per heavy atom. The first kappa shape index (κ1) is 24.2. The number of benzene rings is 1. The highest BCUT2D eigenvalue weighted by atomic mass is 35.5. The largest absolute Gasteiger partial charge is 0.472 e. The Kier molecular flexibility index (Phi) is 9.10. The number of rotatable bonds is 10. The van der Waals surface area contributed by atoms with E-state index in [4.69, 9.17) is 26.8 Å². The standard InChI is InChI=1S/C21H28ClN5O4S/c1-14-4-5-15(16(22)12-14)13-31-19-17(18(23)28)20(32-26-19)25-21(29)24-6-2-3-7-27-8-10-30-11-9-27/h4-5,12H,2-3,6-11,13H2,1H3,(H2,23,28)(H2,24,25,29). The normalized spacial score (nSPS) is 14.2. The van der Waals surface area contributed by atoms with Gasteiger partial charge in [-0.1, -0.05) is 23.7 Å². The summed E-state index contributed by atoms with van der Waals surface area (Å²) in [7, 11) is 0. The van der Waals surface area contributed by atoms with Gasteiger partial charge in [-0.05, 0) is 49.5 Å². The first-order valence-corrected chi connectivity index (χ1v) is 11.6. The number of aromatic nitrogens is 1. The van der Waals surface area contributed by atoms with Crippen molar-refractivity contribution in [3.05, 3.63) is 39.9 Å². The molecule has 1 aliphatic rings. The van der Waals surface area contributed by atoms with Gasteiger partial charge in [0.1, 0.15) is 17.2 Å². The van der Waals surface area contributed by atoms with Crippen molar-refractivity contribution in [2.75, 3.05) is 44.7 Å². The molecule has 9 nitrogen and oxygen atoms in total. The number of unbranched alkanes of at least 4 members (excludes halogenated alkanes) is 1. The van der Waals surface area contributed by atoms with Gasteiger partial charge in [0, 0.05) is 30.2 Å². The van der Waals surface area contributed by atoms with Gasteiger partial charge in [-0.3, -0.25) is 15.0 Å². The van der Waals surface area contributed by atoms with E-state index in [2.05, 4.69) is 19.9 Å². The van der Waals surface area contributed by atoms with Crippen molar-refractivity contribution in [3.8, 4) is 5.88 Å². The Hall–Kier alpha value is -2.40. The van der Waals surface area contributed by atoms with Crippen LogP contribution < -0.4 is 21.1 Å². The lowest BCUT2D eigenvalue weighted by atomic mass is 10.2. The van der Waals surface area contributed by atoms with Crippen LogP contribution in [0.5, 0.6) is 5.88 Å². The molecule has 32 heavy (non-hydrogen) atoms. The number of nitrogens with zero attached hydrogens (tertiary/aromatic N) is 2. The Morgan fingerprint density at radius 1 is 1.31 bits per heavy atom. The molecule has 174 valence electrons. The molecule has 2 aromatic rings.